The monoisotopic (exact) mass is 312 g/mol. The van der Waals surface area contributed by atoms with E-state index >= 15 is 0 Å². The SMILES string of the molecule is NC1CCc2nc(Cc3ccc(C(F)(F)F)cc3)sc2C1. The molecule has 0 amide bonds. The number of fused-ring (bicyclic) bond motifs is 1. The van der Waals surface area contributed by atoms with E-state index in [-0.39, 0.29) is 6.04 Å². The molecular formula is C15H15F3N2S. The largest absolute Gasteiger partial charge is 0.416 e. The Kier molecular flexibility index (Phi) is 3.75. The second kappa shape index (κ2) is 5.42. The fraction of sp³-hybridized carbons (Fsp3) is 0.400. The lowest BCUT2D eigenvalue weighted by molar-refractivity contribution is -0.137. The van der Waals surface area contributed by atoms with Crippen LogP contribution in [0, 0.1) is 0 Å². The van der Waals surface area contributed by atoms with Gasteiger partial charge in [0.05, 0.1) is 16.3 Å². The van der Waals surface area contributed by atoms with Gasteiger partial charge < -0.3 is 5.73 Å². The van der Waals surface area contributed by atoms with Crippen molar-refractivity contribution in [2.24, 2.45) is 5.73 Å². The fourth-order valence-electron chi connectivity index (χ4n) is 2.52. The Labute approximate surface area is 124 Å². The molecule has 3 rings (SSSR count). The minimum absolute atomic E-state index is 0.205. The number of alkyl halides is 3. The maximum Gasteiger partial charge on any atom is 0.416 e. The summed E-state index contributed by atoms with van der Waals surface area (Å²) in [6.45, 7) is 0. The fourth-order valence-corrected chi connectivity index (χ4v) is 3.76. The first-order valence-electron chi connectivity index (χ1n) is 6.81. The van der Waals surface area contributed by atoms with Crippen LogP contribution in [0.25, 0.3) is 0 Å². The number of hydrogen-bond acceptors (Lipinski definition) is 3. The van der Waals surface area contributed by atoms with Gasteiger partial charge in [-0.15, -0.1) is 11.3 Å². The number of halogens is 3. The van der Waals surface area contributed by atoms with Crippen LogP contribution in [0.3, 0.4) is 0 Å². The summed E-state index contributed by atoms with van der Waals surface area (Å²) in [5, 5.41) is 0.953. The quantitative estimate of drug-likeness (QED) is 0.921. The van der Waals surface area contributed by atoms with Crippen molar-refractivity contribution in [1.82, 2.24) is 4.98 Å². The normalized spacial score (nSPS) is 18.6. The minimum atomic E-state index is -4.28. The van der Waals surface area contributed by atoms with Gasteiger partial charge >= 0.3 is 6.18 Å². The first-order chi connectivity index (χ1) is 9.91. The summed E-state index contributed by atoms with van der Waals surface area (Å²) in [4.78, 5) is 5.82. The van der Waals surface area contributed by atoms with Gasteiger partial charge in [-0.05, 0) is 37.0 Å². The highest BCUT2D eigenvalue weighted by molar-refractivity contribution is 7.11. The van der Waals surface area contributed by atoms with Gasteiger partial charge in [-0.25, -0.2) is 4.98 Å². The maximum atomic E-state index is 12.5. The van der Waals surface area contributed by atoms with Gasteiger partial charge in [-0.1, -0.05) is 12.1 Å². The molecule has 6 heteroatoms. The molecule has 2 nitrogen and oxygen atoms in total. The maximum absolute atomic E-state index is 12.5. The molecular weight excluding hydrogens is 297 g/mol. The number of thiazole rings is 1. The lowest BCUT2D eigenvalue weighted by Gasteiger charge is -2.15. The van der Waals surface area contributed by atoms with Crippen LogP contribution in [-0.4, -0.2) is 11.0 Å². The molecule has 1 aliphatic rings. The van der Waals surface area contributed by atoms with Gasteiger partial charge in [0.15, 0.2) is 0 Å². The summed E-state index contributed by atoms with van der Waals surface area (Å²) in [5.74, 6) is 0. The molecule has 1 heterocycles. The third-order valence-electron chi connectivity index (χ3n) is 3.66. The highest BCUT2D eigenvalue weighted by atomic mass is 32.1. The molecule has 0 saturated carbocycles. The van der Waals surface area contributed by atoms with Crippen LogP contribution in [0.5, 0.6) is 0 Å². The molecule has 1 aliphatic carbocycles. The summed E-state index contributed by atoms with van der Waals surface area (Å²) in [6.07, 6.45) is -0.990. The van der Waals surface area contributed by atoms with Crippen molar-refractivity contribution in [2.75, 3.05) is 0 Å². The van der Waals surface area contributed by atoms with E-state index in [2.05, 4.69) is 4.98 Å². The molecule has 0 saturated heterocycles. The van der Waals surface area contributed by atoms with Crippen molar-refractivity contribution in [1.29, 1.82) is 0 Å². The van der Waals surface area contributed by atoms with E-state index in [1.54, 1.807) is 11.3 Å². The van der Waals surface area contributed by atoms with Crippen LogP contribution in [0.2, 0.25) is 0 Å². The van der Waals surface area contributed by atoms with Gasteiger partial charge in [0.1, 0.15) is 0 Å². The molecule has 2 aromatic rings. The molecule has 0 bridgehead atoms. The number of rotatable bonds is 2. The molecule has 112 valence electrons. The van der Waals surface area contributed by atoms with Crippen molar-refractivity contribution in [3.8, 4) is 0 Å². The number of aryl methyl sites for hydroxylation is 1. The zero-order valence-electron chi connectivity index (χ0n) is 11.3. The molecule has 2 N–H and O–H groups in total. The Hall–Kier alpha value is -1.40. The zero-order valence-corrected chi connectivity index (χ0v) is 12.1. The molecule has 1 unspecified atom stereocenters. The van der Waals surface area contributed by atoms with E-state index in [4.69, 9.17) is 5.73 Å². The molecule has 1 aromatic carbocycles. The Balaban J connectivity index is 1.75. The first-order valence-corrected chi connectivity index (χ1v) is 7.62. The van der Waals surface area contributed by atoms with E-state index in [1.165, 1.54) is 17.0 Å². The average Bonchev–Trinajstić information content (AvgIpc) is 2.79. The summed E-state index contributed by atoms with van der Waals surface area (Å²) >= 11 is 1.63. The Morgan fingerprint density at radius 1 is 1.24 bits per heavy atom. The van der Waals surface area contributed by atoms with Crippen molar-refractivity contribution < 1.29 is 13.2 Å². The van der Waals surface area contributed by atoms with Crippen LogP contribution < -0.4 is 5.73 Å². The standard InChI is InChI=1S/C15H15F3N2S/c16-15(17,18)10-3-1-9(2-4-10)7-14-20-12-6-5-11(19)8-13(12)21-14/h1-4,11H,5-8,19H2. The summed E-state index contributed by atoms with van der Waals surface area (Å²) < 4.78 is 37.5. The Bertz CT molecular complexity index is 631. The molecule has 21 heavy (non-hydrogen) atoms. The second-order valence-corrected chi connectivity index (χ2v) is 6.52. The number of hydrogen-bond donors (Lipinski definition) is 1. The van der Waals surface area contributed by atoms with Gasteiger partial charge in [-0.2, -0.15) is 13.2 Å². The Morgan fingerprint density at radius 3 is 2.62 bits per heavy atom. The predicted molar refractivity (Wildman–Crippen MR) is 76.4 cm³/mol. The van der Waals surface area contributed by atoms with Crippen LogP contribution in [0.4, 0.5) is 13.2 Å². The number of aromatic nitrogens is 1. The van der Waals surface area contributed by atoms with E-state index in [1.807, 2.05) is 0 Å². The predicted octanol–water partition coefficient (Wildman–Crippen LogP) is 3.57. The van der Waals surface area contributed by atoms with Gasteiger partial charge in [0.25, 0.3) is 0 Å². The van der Waals surface area contributed by atoms with E-state index in [9.17, 15) is 13.2 Å². The highest BCUT2D eigenvalue weighted by Crippen LogP contribution is 2.30. The molecule has 0 radical (unpaired) electrons. The second-order valence-electron chi connectivity index (χ2n) is 5.35. The third-order valence-corrected chi connectivity index (χ3v) is 4.78. The highest BCUT2D eigenvalue weighted by Gasteiger charge is 2.30. The topological polar surface area (TPSA) is 38.9 Å². The lowest BCUT2D eigenvalue weighted by atomic mass is 9.99. The minimum Gasteiger partial charge on any atom is -0.327 e. The number of nitrogens with two attached hydrogens (primary N) is 1. The molecule has 1 aromatic heterocycles. The van der Waals surface area contributed by atoms with Crippen molar-refractivity contribution in [3.63, 3.8) is 0 Å². The van der Waals surface area contributed by atoms with Gasteiger partial charge in [0, 0.05) is 17.3 Å². The first kappa shape index (κ1) is 14.5. The molecule has 0 spiro atoms. The zero-order chi connectivity index (χ0) is 15.0. The smallest absolute Gasteiger partial charge is 0.327 e. The Morgan fingerprint density at radius 2 is 1.95 bits per heavy atom. The van der Waals surface area contributed by atoms with Crippen molar-refractivity contribution >= 4 is 11.3 Å². The molecule has 0 aliphatic heterocycles. The van der Waals surface area contributed by atoms with Crippen LogP contribution in [-0.2, 0) is 25.4 Å². The van der Waals surface area contributed by atoms with Crippen LogP contribution >= 0.6 is 11.3 Å². The van der Waals surface area contributed by atoms with Crippen LogP contribution in [0.15, 0.2) is 24.3 Å². The van der Waals surface area contributed by atoms with Crippen molar-refractivity contribution in [2.45, 2.75) is 37.9 Å². The van der Waals surface area contributed by atoms with Gasteiger partial charge in [-0.3, -0.25) is 0 Å². The van der Waals surface area contributed by atoms with E-state index in [0.29, 0.717) is 6.42 Å². The van der Waals surface area contributed by atoms with E-state index in [0.717, 1.165) is 47.7 Å². The van der Waals surface area contributed by atoms with Crippen molar-refractivity contribution in [3.05, 3.63) is 51.0 Å². The molecule has 0 fully saturated rings. The summed E-state index contributed by atoms with van der Waals surface area (Å²) in [6, 6.07) is 5.50. The average molecular weight is 312 g/mol. The summed E-state index contributed by atoms with van der Waals surface area (Å²) in [7, 11) is 0. The lowest BCUT2D eigenvalue weighted by Crippen LogP contribution is -2.26. The number of benzene rings is 1. The van der Waals surface area contributed by atoms with Crippen LogP contribution in [0.1, 0.15) is 33.1 Å². The number of nitrogens with zero attached hydrogens (tertiary/aromatic N) is 1. The third kappa shape index (κ3) is 3.27. The molecule has 1 atom stereocenters. The van der Waals surface area contributed by atoms with Gasteiger partial charge in [0.2, 0.25) is 0 Å². The van der Waals surface area contributed by atoms with E-state index < -0.39 is 11.7 Å². The summed E-state index contributed by atoms with van der Waals surface area (Å²) in [5.41, 5.74) is 7.29.